The third kappa shape index (κ3) is 4.24. The Bertz CT molecular complexity index is 112. The zero-order valence-electron chi connectivity index (χ0n) is 6.09. The first-order valence-corrected chi connectivity index (χ1v) is 5.39. The molecule has 1 N–H and O–H groups in total. The summed E-state index contributed by atoms with van der Waals surface area (Å²) in [4.78, 5) is 0. The van der Waals surface area contributed by atoms with Crippen LogP contribution in [0.3, 0.4) is 0 Å². The van der Waals surface area contributed by atoms with Crippen LogP contribution in [0.2, 0.25) is 0 Å². The predicted molar refractivity (Wildman–Crippen MR) is 45.1 cm³/mol. The molecule has 0 amide bonds. The summed E-state index contributed by atoms with van der Waals surface area (Å²) in [6.45, 7) is 1.94. The van der Waals surface area contributed by atoms with Gasteiger partial charge in [0.25, 0.3) is 0 Å². The Kier molecular flexibility index (Phi) is 6.36. The van der Waals surface area contributed by atoms with Crippen molar-refractivity contribution in [3.05, 3.63) is 0 Å². The zero-order valence-corrected chi connectivity index (χ0v) is 7.73. The predicted octanol–water partition coefficient (Wildman–Crippen LogP) is 0.918. The van der Waals surface area contributed by atoms with Gasteiger partial charge in [0.2, 0.25) is 0 Å². The second kappa shape index (κ2) is 6.12. The topological polar surface area (TPSA) is 29.1 Å². The molecular formula is C5H12FNOS2. The second-order valence-electron chi connectivity index (χ2n) is 1.57. The summed E-state index contributed by atoms with van der Waals surface area (Å²) in [5.74, 6) is 1.17. The van der Waals surface area contributed by atoms with Gasteiger partial charge < -0.3 is 0 Å². The van der Waals surface area contributed by atoms with Gasteiger partial charge in [-0.2, -0.15) is 11.8 Å². The molecule has 0 radical (unpaired) electrons. The van der Waals surface area contributed by atoms with Gasteiger partial charge in [-0.1, -0.05) is 6.92 Å². The lowest BCUT2D eigenvalue weighted by atomic mass is 10.9. The van der Waals surface area contributed by atoms with Crippen LogP contribution in [0.1, 0.15) is 6.92 Å². The molecular weight excluding hydrogens is 173 g/mol. The normalized spacial score (nSPS) is 16.7. The standard InChI is InChI=1S/C5H12FNOS2/c1-3-9-4-5(6)10(8)7-2/h5,7H,3-4H2,1-2H3. The number of halogens is 1. The van der Waals surface area contributed by atoms with E-state index >= 15 is 0 Å². The molecule has 10 heavy (non-hydrogen) atoms. The van der Waals surface area contributed by atoms with Crippen molar-refractivity contribution in [3.63, 3.8) is 0 Å². The largest absolute Gasteiger partial charge is 0.240 e. The van der Waals surface area contributed by atoms with E-state index in [2.05, 4.69) is 4.72 Å². The summed E-state index contributed by atoms with van der Waals surface area (Å²) in [6.07, 6.45) is 0. The highest BCUT2D eigenvalue weighted by Crippen LogP contribution is 2.06. The van der Waals surface area contributed by atoms with Crippen LogP contribution in [0.25, 0.3) is 0 Å². The quantitative estimate of drug-likeness (QED) is 0.690. The first-order chi connectivity index (χ1) is 4.72. The third-order valence-corrected chi connectivity index (χ3v) is 3.07. The molecule has 0 aliphatic carbocycles. The summed E-state index contributed by atoms with van der Waals surface area (Å²) < 4.78 is 25.6. The molecule has 0 heterocycles. The highest BCUT2D eigenvalue weighted by Gasteiger charge is 2.12. The molecule has 0 aromatic rings. The van der Waals surface area contributed by atoms with E-state index in [1.807, 2.05) is 6.92 Å². The van der Waals surface area contributed by atoms with Crippen molar-refractivity contribution in [2.45, 2.75) is 12.4 Å². The molecule has 62 valence electrons. The van der Waals surface area contributed by atoms with E-state index in [0.29, 0.717) is 5.75 Å². The fourth-order valence-corrected chi connectivity index (χ4v) is 1.86. The van der Waals surface area contributed by atoms with Crippen molar-refractivity contribution >= 4 is 22.7 Å². The summed E-state index contributed by atoms with van der Waals surface area (Å²) in [5.41, 5.74) is -1.24. The molecule has 2 unspecified atom stereocenters. The van der Waals surface area contributed by atoms with Crippen LogP contribution in [-0.4, -0.2) is 28.3 Å². The maximum absolute atomic E-state index is 12.6. The number of alkyl halides is 1. The Morgan fingerprint density at radius 2 is 2.40 bits per heavy atom. The van der Waals surface area contributed by atoms with Gasteiger partial charge >= 0.3 is 0 Å². The lowest BCUT2D eigenvalue weighted by molar-refractivity contribution is 0.471. The Morgan fingerprint density at radius 1 is 1.80 bits per heavy atom. The Hall–Kier alpha value is 0.390. The molecule has 0 bridgehead atoms. The number of thioether (sulfide) groups is 1. The van der Waals surface area contributed by atoms with E-state index in [1.165, 1.54) is 18.8 Å². The summed E-state index contributed by atoms with van der Waals surface area (Å²) >= 11 is 1.45. The van der Waals surface area contributed by atoms with E-state index in [9.17, 15) is 8.60 Å². The molecule has 0 saturated carbocycles. The average molecular weight is 185 g/mol. The SMILES string of the molecule is CCSCC(F)S(=O)NC. The van der Waals surface area contributed by atoms with Gasteiger partial charge in [-0.25, -0.2) is 13.3 Å². The molecule has 2 nitrogen and oxygen atoms in total. The van der Waals surface area contributed by atoms with Crippen molar-refractivity contribution < 1.29 is 8.60 Å². The van der Waals surface area contributed by atoms with E-state index < -0.39 is 16.5 Å². The second-order valence-corrected chi connectivity index (χ2v) is 4.40. The lowest BCUT2D eigenvalue weighted by Crippen LogP contribution is -2.23. The minimum atomic E-state index is -1.51. The first-order valence-electron chi connectivity index (χ1n) is 3.02. The van der Waals surface area contributed by atoms with E-state index in [-0.39, 0.29) is 0 Å². The van der Waals surface area contributed by atoms with Crippen LogP contribution >= 0.6 is 11.8 Å². The zero-order chi connectivity index (χ0) is 7.98. The number of rotatable bonds is 5. The van der Waals surface area contributed by atoms with Gasteiger partial charge in [0.1, 0.15) is 11.0 Å². The molecule has 5 heteroatoms. The van der Waals surface area contributed by atoms with Crippen molar-refractivity contribution in [2.75, 3.05) is 18.6 Å². The third-order valence-electron chi connectivity index (χ3n) is 0.886. The summed E-state index contributed by atoms with van der Waals surface area (Å²) in [7, 11) is -0.0253. The summed E-state index contributed by atoms with van der Waals surface area (Å²) in [6, 6.07) is 0. The van der Waals surface area contributed by atoms with Gasteiger partial charge in [-0.05, 0) is 12.8 Å². The molecule has 0 fully saturated rings. The number of nitrogens with one attached hydrogen (secondary N) is 1. The van der Waals surface area contributed by atoms with Crippen LogP contribution < -0.4 is 4.72 Å². The first kappa shape index (κ1) is 10.4. The smallest absolute Gasteiger partial charge is 0.197 e. The monoisotopic (exact) mass is 185 g/mol. The molecule has 0 saturated heterocycles. The maximum Gasteiger partial charge on any atom is 0.197 e. The van der Waals surface area contributed by atoms with Gasteiger partial charge in [0.05, 0.1) is 0 Å². The van der Waals surface area contributed by atoms with Gasteiger partial charge in [0, 0.05) is 5.75 Å². The van der Waals surface area contributed by atoms with Gasteiger partial charge in [0.15, 0.2) is 5.50 Å². The molecule has 0 aromatic carbocycles. The van der Waals surface area contributed by atoms with E-state index in [4.69, 9.17) is 0 Å². The molecule has 2 atom stereocenters. The van der Waals surface area contributed by atoms with Crippen molar-refractivity contribution in [1.29, 1.82) is 0 Å². The van der Waals surface area contributed by atoms with Crippen molar-refractivity contribution in [3.8, 4) is 0 Å². The summed E-state index contributed by atoms with van der Waals surface area (Å²) in [5, 5.41) is 0. The average Bonchev–Trinajstić information content (AvgIpc) is 1.98. The molecule has 0 rings (SSSR count). The van der Waals surface area contributed by atoms with Crippen molar-refractivity contribution in [1.82, 2.24) is 4.72 Å². The van der Waals surface area contributed by atoms with Crippen LogP contribution in [0, 0.1) is 0 Å². The number of hydrogen-bond acceptors (Lipinski definition) is 2. The number of hydrogen-bond donors (Lipinski definition) is 1. The molecule has 0 aliphatic rings. The van der Waals surface area contributed by atoms with Crippen LogP contribution in [-0.2, 0) is 11.0 Å². The van der Waals surface area contributed by atoms with E-state index in [0.717, 1.165) is 5.75 Å². The minimum Gasteiger partial charge on any atom is -0.240 e. The molecule has 0 spiro atoms. The Morgan fingerprint density at radius 3 is 2.80 bits per heavy atom. The minimum absolute atomic E-state index is 0.309. The van der Waals surface area contributed by atoms with Gasteiger partial charge in [-0.3, -0.25) is 0 Å². The van der Waals surface area contributed by atoms with Crippen LogP contribution in [0.5, 0.6) is 0 Å². The highest BCUT2D eigenvalue weighted by molar-refractivity contribution is 8.00. The molecule has 0 aliphatic heterocycles. The van der Waals surface area contributed by atoms with Crippen LogP contribution in [0.4, 0.5) is 4.39 Å². The highest BCUT2D eigenvalue weighted by atomic mass is 32.2. The Balaban J connectivity index is 3.41. The molecule has 0 aromatic heterocycles. The fraction of sp³-hybridized carbons (Fsp3) is 1.00. The Labute approximate surface area is 67.5 Å². The lowest BCUT2D eigenvalue weighted by Gasteiger charge is -2.04. The van der Waals surface area contributed by atoms with Gasteiger partial charge in [-0.15, -0.1) is 0 Å². The van der Waals surface area contributed by atoms with Crippen molar-refractivity contribution in [2.24, 2.45) is 0 Å². The van der Waals surface area contributed by atoms with E-state index in [1.54, 1.807) is 0 Å². The fourth-order valence-electron chi connectivity index (χ4n) is 0.400. The maximum atomic E-state index is 12.6. The van der Waals surface area contributed by atoms with Crippen LogP contribution in [0.15, 0.2) is 0 Å².